The molecule has 6 rings (SSSR count). The third-order valence-corrected chi connectivity index (χ3v) is 15.0. The number of benzene rings is 2. The van der Waals surface area contributed by atoms with Crippen molar-refractivity contribution in [1.29, 1.82) is 0 Å². The van der Waals surface area contributed by atoms with Crippen molar-refractivity contribution in [2.45, 2.75) is 118 Å². The van der Waals surface area contributed by atoms with Gasteiger partial charge >= 0.3 is 0 Å². The van der Waals surface area contributed by atoms with Gasteiger partial charge in [0.15, 0.2) is 0 Å². The molecule has 0 bridgehead atoms. The fourth-order valence-corrected chi connectivity index (χ4v) is 11.2. The first kappa shape index (κ1) is 39.1. The van der Waals surface area contributed by atoms with Crippen LogP contribution in [0.15, 0.2) is 65.4 Å². The van der Waals surface area contributed by atoms with Crippen LogP contribution in [0.5, 0.6) is 11.5 Å². The minimum absolute atomic E-state index is 0.576. The molecule has 0 radical (unpaired) electrons. The molecule has 4 heterocycles. The molecule has 0 amide bonds. The Hall–Kier alpha value is -2.64. The summed E-state index contributed by atoms with van der Waals surface area (Å²) >= 11 is 7.42. The molecule has 2 nitrogen and oxygen atoms in total. The van der Waals surface area contributed by atoms with Crippen molar-refractivity contribution in [2.75, 3.05) is 13.2 Å². The smallest absolute Gasteiger partial charge is 0.146 e. The lowest BCUT2D eigenvalue weighted by atomic mass is 10.0. The highest BCUT2D eigenvalue weighted by atomic mass is 32.1. The Balaban J connectivity index is 1.28. The van der Waals surface area contributed by atoms with E-state index in [9.17, 15) is 0 Å². The largest absolute Gasteiger partial charge is 0.491 e. The predicted octanol–water partition coefficient (Wildman–Crippen LogP) is 16.6. The maximum Gasteiger partial charge on any atom is 0.146 e. The lowest BCUT2D eigenvalue weighted by Crippen LogP contribution is -2.12. The van der Waals surface area contributed by atoms with Crippen molar-refractivity contribution in [2.24, 2.45) is 11.8 Å². The molecular weight excluding hydrogens is 713 g/mol. The molecular formula is C46H58O2S4. The topological polar surface area (TPSA) is 18.5 Å². The summed E-state index contributed by atoms with van der Waals surface area (Å²) < 4.78 is 16.2. The van der Waals surface area contributed by atoms with Gasteiger partial charge in [-0.3, -0.25) is 0 Å². The van der Waals surface area contributed by atoms with Crippen LogP contribution in [0.2, 0.25) is 0 Å². The highest BCUT2D eigenvalue weighted by molar-refractivity contribution is 7.27. The number of hydrogen-bond donors (Lipinski definition) is 0. The molecule has 0 spiro atoms. The number of hydrogen-bond acceptors (Lipinski definition) is 6. The molecule has 0 fully saturated rings. The number of aryl methyl sites for hydroxylation is 1. The Morgan fingerprint density at radius 2 is 1.17 bits per heavy atom. The summed E-state index contributed by atoms with van der Waals surface area (Å²) in [5.74, 6) is 3.25. The second kappa shape index (κ2) is 19.6. The second-order valence-corrected chi connectivity index (χ2v) is 18.5. The van der Waals surface area contributed by atoms with Gasteiger partial charge < -0.3 is 9.47 Å². The maximum absolute atomic E-state index is 6.86. The van der Waals surface area contributed by atoms with Gasteiger partial charge in [0, 0.05) is 30.3 Å². The van der Waals surface area contributed by atoms with E-state index in [1.54, 1.807) is 11.3 Å². The maximum atomic E-state index is 6.86. The van der Waals surface area contributed by atoms with Crippen molar-refractivity contribution in [3.05, 3.63) is 70.9 Å². The molecule has 0 aliphatic heterocycles. The van der Waals surface area contributed by atoms with E-state index < -0.39 is 0 Å². The Bertz CT molecular complexity index is 1880. The molecule has 52 heavy (non-hydrogen) atoms. The minimum atomic E-state index is 0.576. The summed E-state index contributed by atoms with van der Waals surface area (Å²) in [5, 5.41) is 6.97. The van der Waals surface area contributed by atoms with Crippen LogP contribution >= 0.6 is 45.3 Å². The number of unbranched alkanes of at least 4 members (excludes halogenated alkanes) is 5. The Labute approximate surface area is 329 Å². The molecule has 0 saturated carbocycles. The summed E-state index contributed by atoms with van der Waals surface area (Å²) in [4.78, 5) is 5.27. The van der Waals surface area contributed by atoms with E-state index in [0.717, 1.165) is 37.6 Å². The number of rotatable bonds is 22. The Kier molecular flexibility index (Phi) is 14.7. The van der Waals surface area contributed by atoms with E-state index in [1.165, 1.54) is 127 Å². The monoisotopic (exact) mass is 770 g/mol. The molecule has 2 unspecified atom stereocenters. The molecule has 4 aromatic heterocycles. The van der Waals surface area contributed by atoms with Gasteiger partial charge in [-0.15, -0.1) is 45.3 Å². The van der Waals surface area contributed by atoms with E-state index in [0.29, 0.717) is 11.8 Å². The Morgan fingerprint density at radius 1 is 0.538 bits per heavy atom. The zero-order chi connectivity index (χ0) is 36.3. The quantitative estimate of drug-likeness (QED) is 0.0640. The molecule has 0 aliphatic rings. The van der Waals surface area contributed by atoms with Crippen LogP contribution in [0.3, 0.4) is 0 Å². The predicted molar refractivity (Wildman–Crippen MR) is 235 cm³/mol. The van der Waals surface area contributed by atoms with Gasteiger partial charge in [0.1, 0.15) is 11.5 Å². The lowest BCUT2D eigenvalue weighted by Gasteiger charge is -2.19. The molecule has 2 atom stereocenters. The SMILES string of the molecule is CCCCCCc1csc(-c2ccc(-c3ccc(-c4cc5c(OCC(CC)CCCC)c6sccc6c(OCC(CC)CCCC)c5s4)s3)cc2)c1. The first-order chi connectivity index (χ1) is 25.6. The minimum Gasteiger partial charge on any atom is -0.491 e. The first-order valence-electron chi connectivity index (χ1n) is 20.1. The van der Waals surface area contributed by atoms with Crippen LogP contribution in [-0.2, 0) is 6.42 Å². The van der Waals surface area contributed by atoms with E-state index in [-0.39, 0.29) is 0 Å². The van der Waals surface area contributed by atoms with Gasteiger partial charge in [0.2, 0.25) is 0 Å². The second-order valence-electron chi connectivity index (χ2n) is 14.5. The molecule has 0 N–H and O–H groups in total. The van der Waals surface area contributed by atoms with Gasteiger partial charge in [-0.05, 0) is 95.3 Å². The van der Waals surface area contributed by atoms with Crippen molar-refractivity contribution in [3.8, 4) is 42.1 Å². The number of ether oxygens (including phenoxy) is 2. The van der Waals surface area contributed by atoms with Crippen molar-refractivity contribution >= 4 is 65.5 Å². The summed E-state index contributed by atoms with van der Waals surface area (Å²) in [5.41, 5.74) is 4.08. The fraction of sp³-hybridized carbons (Fsp3) is 0.478. The van der Waals surface area contributed by atoms with Crippen molar-refractivity contribution in [3.63, 3.8) is 0 Å². The summed E-state index contributed by atoms with van der Waals surface area (Å²) in [6.07, 6.45) is 16.2. The molecule has 6 aromatic rings. The first-order valence-corrected chi connectivity index (χ1v) is 23.5. The lowest BCUT2D eigenvalue weighted by molar-refractivity contribution is 0.235. The Morgan fingerprint density at radius 3 is 1.83 bits per heavy atom. The van der Waals surface area contributed by atoms with E-state index in [2.05, 4.69) is 100.0 Å². The van der Waals surface area contributed by atoms with Gasteiger partial charge in [0.25, 0.3) is 0 Å². The van der Waals surface area contributed by atoms with Crippen LogP contribution < -0.4 is 9.47 Å². The zero-order valence-corrected chi connectivity index (χ0v) is 35.3. The van der Waals surface area contributed by atoms with Crippen LogP contribution in [0.1, 0.15) is 117 Å². The van der Waals surface area contributed by atoms with Crippen molar-refractivity contribution < 1.29 is 9.47 Å². The van der Waals surface area contributed by atoms with Crippen LogP contribution in [0, 0.1) is 11.8 Å². The highest BCUT2D eigenvalue weighted by Gasteiger charge is 2.23. The zero-order valence-electron chi connectivity index (χ0n) is 32.1. The molecule has 0 saturated heterocycles. The molecule has 0 aliphatic carbocycles. The summed E-state index contributed by atoms with van der Waals surface area (Å²) in [7, 11) is 0. The molecule has 278 valence electrons. The van der Waals surface area contributed by atoms with Crippen LogP contribution in [0.25, 0.3) is 50.8 Å². The van der Waals surface area contributed by atoms with Crippen LogP contribution in [-0.4, -0.2) is 13.2 Å². The highest BCUT2D eigenvalue weighted by Crippen LogP contribution is 2.51. The van der Waals surface area contributed by atoms with E-state index >= 15 is 0 Å². The fourth-order valence-electron chi connectivity index (χ4n) is 7.08. The molecule has 2 aromatic carbocycles. The standard InChI is InChI=1S/C46H58O2S4/c1-6-11-14-15-18-34-27-41(50-31-34)36-21-19-35(20-22-36)39-23-24-40(51-39)42-28-38-44(48-30-33(10-5)17-13-8-3)45-37(25-26-49-45)43(46(38)52-42)47-29-32(9-4)16-12-7-2/h19-28,31-33H,6-18,29-30H2,1-5H3. The van der Waals surface area contributed by atoms with Gasteiger partial charge in [-0.2, -0.15) is 0 Å². The molecule has 6 heteroatoms. The van der Waals surface area contributed by atoms with Gasteiger partial charge in [-0.25, -0.2) is 0 Å². The average Bonchev–Trinajstić information content (AvgIpc) is 4.01. The number of fused-ring (bicyclic) bond motifs is 2. The summed E-state index contributed by atoms with van der Waals surface area (Å²) in [6.45, 7) is 13.0. The van der Waals surface area contributed by atoms with Gasteiger partial charge in [0.05, 0.1) is 22.6 Å². The van der Waals surface area contributed by atoms with Crippen LogP contribution in [0.4, 0.5) is 0 Å². The van der Waals surface area contributed by atoms with Crippen molar-refractivity contribution in [1.82, 2.24) is 0 Å². The van der Waals surface area contributed by atoms with E-state index in [4.69, 9.17) is 9.47 Å². The number of thiophene rings is 4. The third kappa shape index (κ3) is 9.53. The normalized spacial score (nSPS) is 12.9. The third-order valence-electron chi connectivity index (χ3n) is 10.6. The van der Waals surface area contributed by atoms with E-state index in [1.807, 2.05) is 34.0 Å². The van der Waals surface area contributed by atoms with Gasteiger partial charge in [-0.1, -0.05) is 117 Å². The average molecular weight is 771 g/mol. The summed E-state index contributed by atoms with van der Waals surface area (Å²) in [6, 6.07) is 20.8.